The minimum Gasteiger partial charge on any atom is -0.398 e. The molecule has 1 aliphatic heterocycles. The molecule has 0 atom stereocenters. The van der Waals surface area contributed by atoms with E-state index in [1.165, 1.54) is 12.8 Å². The van der Waals surface area contributed by atoms with Crippen LogP contribution in [0.25, 0.3) is 0 Å². The molecule has 0 radical (unpaired) electrons. The molecule has 1 fully saturated rings. The van der Waals surface area contributed by atoms with E-state index in [1.807, 2.05) is 24.0 Å². The Hall–Kier alpha value is -1.55. The second kappa shape index (κ2) is 7.46. The predicted octanol–water partition coefficient (Wildman–Crippen LogP) is 2.53. The largest absolute Gasteiger partial charge is 0.398 e. The van der Waals surface area contributed by atoms with Crippen molar-refractivity contribution in [2.45, 2.75) is 33.1 Å². The van der Waals surface area contributed by atoms with Gasteiger partial charge in [-0.3, -0.25) is 4.79 Å². The minimum absolute atomic E-state index is 0.110. The first-order valence-corrected chi connectivity index (χ1v) is 7.99. The monoisotopic (exact) mass is 289 g/mol. The van der Waals surface area contributed by atoms with E-state index in [1.54, 1.807) is 6.07 Å². The van der Waals surface area contributed by atoms with Crippen molar-refractivity contribution in [2.24, 2.45) is 0 Å². The van der Waals surface area contributed by atoms with Crippen LogP contribution >= 0.6 is 0 Å². The highest BCUT2D eigenvalue weighted by Crippen LogP contribution is 2.16. The number of hydrogen-bond donors (Lipinski definition) is 1. The first-order chi connectivity index (χ1) is 10.1. The lowest BCUT2D eigenvalue weighted by atomic mass is 10.1. The molecule has 4 heteroatoms. The van der Waals surface area contributed by atoms with Gasteiger partial charge in [0.15, 0.2) is 0 Å². The molecule has 1 aromatic rings. The van der Waals surface area contributed by atoms with Gasteiger partial charge in [-0.2, -0.15) is 0 Å². The Morgan fingerprint density at radius 1 is 1.24 bits per heavy atom. The number of nitrogens with two attached hydrogens (primary N) is 1. The predicted molar refractivity (Wildman–Crippen MR) is 87.5 cm³/mol. The van der Waals surface area contributed by atoms with Gasteiger partial charge < -0.3 is 15.5 Å². The number of nitrogen functional groups attached to an aromatic ring is 1. The van der Waals surface area contributed by atoms with E-state index in [0.717, 1.165) is 44.7 Å². The van der Waals surface area contributed by atoms with Gasteiger partial charge in [-0.05, 0) is 50.6 Å². The number of rotatable bonds is 4. The van der Waals surface area contributed by atoms with Gasteiger partial charge in [0.2, 0.25) is 0 Å². The topological polar surface area (TPSA) is 49.6 Å². The van der Waals surface area contributed by atoms with Crippen LogP contribution < -0.4 is 5.73 Å². The highest BCUT2D eigenvalue weighted by molar-refractivity contribution is 5.95. The van der Waals surface area contributed by atoms with Crippen molar-refractivity contribution in [2.75, 3.05) is 38.5 Å². The van der Waals surface area contributed by atoms with Crippen LogP contribution in [0.4, 0.5) is 5.69 Å². The van der Waals surface area contributed by atoms with E-state index in [2.05, 4.69) is 11.8 Å². The standard InChI is InChI=1S/C17H27N3O/c1-3-4-8-19-9-5-10-20(12-11-19)17(21)15-7-6-14(2)16(18)13-15/h6-7,13H,3-5,8-12,18H2,1-2H3. The van der Waals surface area contributed by atoms with Crippen LogP contribution in [0.3, 0.4) is 0 Å². The van der Waals surface area contributed by atoms with Gasteiger partial charge in [0.1, 0.15) is 0 Å². The summed E-state index contributed by atoms with van der Waals surface area (Å²) in [6.07, 6.45) is 3.51. The fourth-order valence-electron chi connectivity index (χ4n) is 2.74. The summed E-state index contributed by atoms with van der Waals surface area (Å²) in [4.78, 5) is 17.0. The molecule has 1 saturated heterocycles. The third kappa shape index (κ3) is 4.21. The number of benzene rings is 1. The molecule has 0 unspecified atom stereocenters. The van der Waals surface area contributed by atoms with Crippen LogP contribution in [0, 0.1) is 6.92 Å². The molecule has 1 aromatic carbocycles. The summed E-state index contributed by atoms with van der Waals surface area (Å²) >= 11 is 0. The van der Waals surface area contributed by atoms with E-state index < -0.39 is 0 Å². The summed E-state index contributed by atoms with van der Waals surface area (Å²) in [5, 5.41) is 0. The molecule has 1 aliphatic rings. The average molecular weight is 289 g/mol. The SMILES string of the molecule is CCCCN1CCCN(C(=O)c2ccc(C)c(N)c2)CC1. The maximum absolute atomic E-state index is 12.6. The zero-order chi connectivity index (χ0) is 15.2. The van der Waals surface area contributed by atoms with E-state index in [0.29, 0.717) is 11.3 Å². The van der Waals surface area contributed by atoms with Crippen molar-refractivity contribution in [3.05, 3.63) is 29.3 Å². The lowest BCUT2D eigenvalue weighted by molar-refractivity contribution is 0.0761. The number of carbonyl (C=O) groups is 1. The molecule has 21 heavy (non-hydrogen) atoms. The van der Waals surface area contributed by atoms with Gasteiger partial charge in [-0.15, -0.1) is 0 Å². The van der Waals surface area contributed by atoms with Crippen molar-refractivity contribution < 1.29 is 4.79 Å². The van der Waals surface area contributed by atoms with Gasteiger partial charge >= 0.3 is 0 Å². The molecular weight excluding hydrogens is 262 g/mol. The number of anilines is 1. The maximum atomic E-state index is 12.6. The van der Waals surface area contributed by atoms with Crippen molar-refractivity contribution in [3.8, 4) is 0 Å². The van der Waals surface area contributed by atoms with Gasteiger partial charge in [0, 0.05) is 30.9 Å². The second-order valence-corrected chi connectivity index (χ2v) is 5.91. The van der Waals surface area contributed by atoms with Gasteiger partial charge in [0.05, 0.1) is 0 Å². The van der Waals surface area contributed by atoms with Gasteiger partial charge in [-0.25, -0.2) is 0 Å². The number of unbranched alkanes of at least 4 members (excludes halogenated alkanes) is 1. The summed E-state index contributed by atoms with van der Waals surface area (Å²) in [6.45, 7) is 9.06. The van der Waals surface area contributed by atoms with Crippen LogP contribution in [0.5, 0.6) is 0 Å². The Labute approximate surface area is 127 Å². The molecule has 116 valence electrons. The number of hydrogen-bond acceptors (Lipinski definition) is 3. The fourth-order valence-corrected chi connectivity index (χ4v) is 2.74. The van der Waals surface area contributed by atoms with Gasteiger partial charge in [0.25, 0.3) is 5.91 Å². The number of nitrogens with zero attached hydrogens (tertiary/aromatic N) is 2. The highest BCUT2D eigenvalue weighted by Gasteiger charge is 2.20. The van der Waals surface area contributed by atoms with E-state index in [4.69, 9.17) is 5.73 Å². The Balaban J connectivity index is 1.98. The average Bonchev–Trinajstić information content (AvgIpc) is 2.73. The zero-order valence-corrected chi connectivity index (χ0v) is 13.3. The van der Waals surface area contributed by atoms with Crippen LogP contribution in [0.2, 0.25) is 0 Å². The molecule has 1 heterocycles. The molecule has 0 aromatic heterocycles. The third-order valence-corrected chi connectivity index (χ3v) is 4.23. The normalized spacial score (nSPS) is 16.8. The van der Waals surface area contributed by atoms with Crippen LogP contribution in [0.15, 0.2) is 18.2 Å². The molecule has 0 saturated carbocycles. The summed E-state index contributed by atoms with van der Waals surface area (Å²) in [6, 6.07) is 5.61. The summed E-state index contributed by atoms with van der Waals surface area (Å²) in [7, 11) is 0. The highest BCUT2D eigenvalue weighted by atomic mass is 16.2. The van der Waals surface area contributed by atoms with E-state index in [9.17, 15) is 4.79 Å². The van der Waals surface area contributed by atoms with Crippen molar-refractivity contribution in [3.63, 3.8) is 0 Å². The third-order valence-electron chi connectivity index (χ3n) is 4.23. The lowest BCUT2D eigenvalue weighted by Crippen LogP contribution is -2.35. The smallest absolute Gasteiger partial charge is 0.253 e. The van der Waals surface area contributed by atoms with E-state index >= 15 is 0 Å². The Morgan fingerprint density at radius 3 is 2.76 bits per heavy atom. The van der Waals surface area contributed by atoms with Crippen molar-refractivity contribution >= 4 is 11.6 Å². The van der Waals surface area contributed by atoms with Crippen LogP contribution in [-0.2, 0) is 0 Å². The number of carbonyl (C=O) groups excluding carboxylic acids is 1. The molecule has 2 N–H and O–H groups in total. The van der Waals surface area contributed by atoms with Crippen LogP contribution in [-0.4, -0.2) is 48.4 Å². The second-order valence-electron chi connectivity index (χ2n) is 5.91. The Bertz CT molecular complexity index is 487. The van der Waals surface area contributed by atoms with Crippen molar-refractivity contribution in [1.82, 2.24) is 9.80 Å². The number of amides is 1. The fraction of sp³-hybridized carbons (Fsp3) is 0.588. The van der Waals surface area contributed by atoms with E-state index in [-0.39, 0.29) is 5.91 Å². The quantitative estimate of drug-likeness (QED) is 0.867. The maximum Gasteiger partial charge on any atom is 0.253 e. The lowest BCUT2D eigenvalue weighted by Gasteiger charge is -2.22. The molecular formula is C17H27N3O. The van der Waals surface area contributed by atoms with Crippen molar-refractivity contribution in [1.29, 1.82) is 0 Å². The Kier molecular flexibility index (Phi) is 5.62. The molecule has 2 rings (SSSR count). The molecule has 0 aliphatic carbocycles. The minimum atomic E-state index is 0.110. The molecule has 0 spiro atoms. The summed E-state index contributed by atoms with van der Waals surface area (Å²) in [5.41, 5.74) is 8.34. The summed E-state index contributed by atoms with van der Waals surface area (Å²) < 4.78 is 0. The molecule has 1 amide bonds. The van der Waals surface area contributed by atoms with Gasteiger partial charge in [-0.1, -0.05) is 19.4 Å². The molecule has 0 bridgehead atoms. The summed E-state index contributed by atoms with van der Waals surface area (Å²) in [5.74, 6) is 0.110. The Morgan fingerprint density at radius 2 is 2.05 bits per heavy atom. The first kappa shape index (κ1) is 15.8. The zero-order valence-electron chi connectivity index (χ0n) is 13.3. The number of aryl methyl sites for hydroxylation is 1. The van der Waals surface area contributed by atoms with Crippen LogP contribution in [0.1, 0.15) is 42.1 Å². The molecule has 4 nitrogen and oxygen atoms in total. The first-order valence-electron chi connectivity index (χ1n) is 7.99.